The Bertz CT molecular complexity index is 844. The van der Waals surface area contributed by atoms with Crippen LogP contribution >= 0.6 is 0 Å². The van der Waals surface area contributed by atoms with Gasteiger partial charge in [0.2, 0.25) is 0 Å². The van der Waals surface area contributed by atoms with Crippen molar-refractivity contribution < 1.29 is 22.3 Å². The van der Waals surface area contributed by atoms with Gasteiger partial charge in [-0.3, -0.25) is 0 Å². The van der Waals surface area contributed by atoms with Crippen LogP contribution in [0, 0.1) is 11.7 Å². The van der Waals surface area contributed by atoms with E-state index >= 15 is 0 Å². The van der Waals surface area contributed by atoms with Gasteiger partial charge in [0.25, 0.3) is 0 Å². The van der Waals surface area contributed by atoms with Crippen LogP contribution in [0.3, 0.4) is 0 Å². The minimum Gasteiger partial charge on any atom is -0.368 e. The molecule has 1 atom stereocenters. The normalized spacial score (nSPS) is 24.5. The van der Waals surface area contributed by atoms with Crippen molar-refractivity contribution in [2.75, 3.05) is 6.61 Å². The lowest BCUT2D eigenvalue weighted by atomic mass is 9.77. The molecule has 1 saturated carbocycles. The zero-order valence-electron chi connectivity index (χ0n) is 16.6. The summed E-state index contributed by atoms with van der Waals surface area (Å²) in [4.78, 5) is 0. The van der Waals surface area contributed by atoms with E-state index in [2.05, 4.69) is 6.92 Å². The summed E-state index contributed by atoms with van der Waals surface area (Å²) in [7, 11) is 0. The molecule has 2 aliphatic rings. The summed E-state index contributed by atoms with van der Waals surface area (Å²) in [5.74, 6) is 0.0583. The van der Waals surface area contributed by atoms with Gasteiger partial charge in [-0.2, -0.15) is 13.2 Å². The van der Waals surface area contributed by atoms with Crippen LogP contribution in [-0.2, 0) is 10.9 Å². The van der Waals surface area contributed by atoms with Crippen molar-refractivity contribution in [1.29, 1.82) is 0 Å². The van der Waals surface area contributed by atoms with Crippen LogP contribution in [0.2, 0.25) is 0 Å². The van der Waals surface area contributed by atoms with Gasteiger partial charge >= 0.3 is 6.18 Å². The van der Waals surface area contributed by atoms with Crippen LogP contribution in [0.15, 0.2) is 36.4 Å². The van der Waals surface area contributed by atoms with Crippen LogP contribution in [0.5, 0.6) is 0 Å². The first-order chi connectivity index (χ1) is 13.9. The van der Waals surface area contributed by atoms with Crippen molar-refractivity contribution in [3.63, 3.8) is 0 Å². The van der Waals surface area contributed by atoms with Crippen LogP contribution in [0.25, 0.3) is 11.1 Å². The monoisotopic (exact) mass is 406 g/mol. The predicted molar refractivity (Wildman–Crippen MR) is 105 cm³/mol. The SMILES string of the molecule is CCC[C@H]1CC[C@H](c2ccc(-c3ccc(C4CO4)c(F)c3C(F)(F)F)cc2)CC1. The second-order valence-corrected chi connectivity index (χ2v) is 8.34. The number of rotatable bonds is 5. The number of hydrogen-bond donors (Lipinski definition) is 0. The Labute approximate surface area is 169 Å². The summed E-state index contributed by atoms with van der Waals surface area (Å²) in [6.45, 7) is 2.48. The number of halogens is 4. The molecule has 2 aromatic rings. The van der Waals surface area contributed by atoms with Crippen LogP contribution < -0.4 is 0 Å². The number of benzene rings is 2. The van der Waals surface area contributed by atoms with Gasteiger partial charge in [-0.1, -0.05) is 56.2 Å². The lowest BCUT2D eigenvalue weighted by molar-refractivity contribution is -0.139. The first-order valence-corrected chi connectivity index (χ1v) is 10.5. The van der Waals surface area contributed by atoms with E-state index in [1.54, 1.807) is 12.1 Å². The largest absolute Gasteiger partial charge is 0.419 e. The van der Waals surface area contributed by atoms with E-state index in [0.29, 0.717) is 11.5 Å². The fraction of sp³-hybridized carbons (Fsp3) is 0.500. The van der Waals surface area contributed by atoms with E-state index in [1.807, 2.05) is 12.1 Å². The Morgan fingerprint density at radius 3 is 2.17 bits per heavy atom. The molecule has 1 saturated heterocycles. The summed E-state index contributed by atoms with van der Waals surface area (Å²) in [6.07, 6.45) is 1.86. The molecule has 29 heavy (non-hydrogen) atoms. The highest BCUT2D eigenvalue weighted by Crippen LogP contribution is 2.44. The highest BCUT2D eigenvalue weighted by molar-refractivity contribution is 5.69. The fourth-order valence-corrected chi connectivity index (χ4v) is 4.71. The smallest absolute Gasteiger partial charge is 0.368 e. The average molecular weight is 406 g/mol. The maximum Gasteiger partial charge on any atom is 0.419 e. The van der Waals surface area contributed by atoms with E-state index in [9.17, 15) is 17.6 Å². The Morgan fingerprint density at radius 2 is 1.62 bits per heavy atom. The molecule has 2 aromatic carbocycles. The van der Waals surface area contributed by atoms with Crippen LogP contribution in [0.1, 0.15) is 74.2 Å². The van der Waals surface area contributed by atoms with Crippen molar-refractivity contribution in [3.8, 4) is 11.1 Å². The first-order valence-electron chi connectivity index (χ1n) is 10.5. The highest BCUT2D eigenvalue weighted by Gasteiger charge is 2.40. The fourth-order valence-electron chi connectivity index (χ4n) is 4.71. The third-order valence-corrected chi connectivity index (χ3v) is 6.37. The Kier molecular flexibility index (Phi) is 5.69. The molecule has 0 bridgehead atoms. The first kappa shape index (κ1) is 20.4. The zero-order chi connectivity index (χ0) is 20.6. The summed E-state index contributed by atoms with van der Waals surface area (Å²) < 4.78 is 60.6. The van der Waals surface area contributed by atoms with E-state index in [-0.39, 0.29) is 17.7 Å². The Hall–Kier alpha value is -1.88. The molecule has 0 amide bonds. The molecule has 5 heteroatoms. The maximum atomic E-state index is 14.7. The summed E-state index contributed by atoms with van der Waals surface area (Å²) in [6, 6.07) is 10.0. The minimum absolute atomic E-state index is 0.0125. The van der Waals surface area contributed by atoms with Crippen molar-refractivity contribution in [2.24, 2.45) is 5.92 Å². The number of hydrogen-bond acceptors (Lipinski definition) is 1. The lowest BCUT2D eigenvalue weighted by Gasteiger charge is -2.28. The van der Waals surface area contributed by atoms with Gasteiger partial charge in [0.15, 0.2) is 0 Å². The standard InChI is InChI=1S/C24H26F4O/c1-2-3-15-4-6-16(7-5-15)17-8-10-18(11-9-17)19-12-13-20(21-14-29-21)23(25)22(19)24(26,27)28/h8-13,15-16,21H,2-7,14H2,1H3/t15-,16-,21?. The van der Waals surface area contributed by atoms with Gasteiger partial charge in [0.1, 0.15) is 11.9 Å². The zero-order valence-corrected chi connectivity index (χ0v) is 16.6. The van der Waals surface area contributed by atoms with E-state index in [4.69, 9.17) is 4.74 Å². The molecule has 0 N–H and O–H groups in total. The number of epoxide rings is 1. The molecule has 0 aromatic heterocycles. The van der Waals surface area contributed by atoms with Gasteiger partial charge < -0.3 is 4.74 Å². The minimum atomic E-state index is -4.76. The molecule has 0 spiro atoms. The van der Waals surface area contributed by atoms with Crippen LogP contribution in [-0.4, -0.2) is 6.61 Å². The van der Waals surface area contributed by atoms with Gasteiger partial charge in [-0.25, -0.2) is 4.39 Å². The highest BCUT2D eigenvalue weighted by atomic mass is 19.4. The molecule has 0 radical (unpaired) electrons. The van der Waals surface area contributed by atoms with E-state index in [0.717, 1.165) is 18.8 Å². The molecule has 1 nitrogen and oxygen atoms in total. The molecular weight excluding hydrogens is 380 g/mol. The second-order valence-electron chi connectivity index (χ2n) is 8.34. The van der Waals surface area contributed by atoms with Gasteiger partial charge in [0.05, 0.1) is 12.2 Å². The Morgan fingerprint density at radius 1 is 0.966 bits per heavy atom. The maximum absolute atomic E-state index is 14.7. The van der Waals surface area contributed by atoms with Crippen molar-refractivity contribution in [3.05, 3.63) is 58.9 Å². The van der Waals surface area contributed by atoms with Gasteiger partial charge in [0, 0.05) is 5.56 Å². The molecule has 156 valence electrons. The predicted octanol–water partition coefficient (Wildman–Crippen LogP) is 7.66. The number of alkyl halides is 3. The second kappa shape index (κ2) is 8.10. The quantitative estimate of drug-likeness (QED) is 0.367. The molecule has 2 fully saturated rings. The molecule has 4 rings (SSSR count). The van der Waals surface area contributed by atoms with E-state index < -0.39 is 23.7 Å². The van der Waals surface area contributed by atoms with Crippen molar-refractivity contribution in [2.45, 2.75) is 63.6 Å². The van der Waals surface area contributed by atoms with Crippen molar-refractivity contribution >= 4 is 0 Å². The van der Waals surface area contributed by atoms with Gasteiger partial charge in [-0.15, -0.1) is 0 Å². The molecule has 1 heterocycles. The summed E-state index contributed by atoms with van der Waals surface area (Å²) in [5, 5.41) is 0. The Balaban J connectivity index is 1.59. The molecule has 1 aliphatic heterocycles. The number of ether oxygens (including phenoxy) is 1. The topological polar surface area (TPSA) is 12.5 Å². The third kappa shape index (κ3) is 4.35. The third-order valence-electron chi connectivity index (χ3n) is 6.37. The average Bonchev–Trinajstić information content (AvgIpc) is 3.53. The van der Waals surface area contributed by atoms with Gasteiger partial charge in [-0.05, 0) is 54.2 Å². The summed E-state index contributed by atoms with van der Waals surface area (Å²) in [5.41, 5.74) is 0.237. The van der Waals surface area contributed by atoms with Crippen LogP contribution in [0.4, 0.5) is 17.6 Å². The van der Waals surface area contributed by atoms with Crippen molar-refractivity contribution in [1.82, 2.24) is 0 Å². The summed E-state index contributed by atoms with van der Waals surface area (Å²) >= 11 is 0. The molecule has 1 aliphatic carbocycles. The van der Waals surface area contributed by atoms with E-state index in [1.165, 1.54) is 43.4 Å². The lowest BCUT2D eigenvalue weighted by Crippen LogP contribution is -2.13. The molecule has 1 unspecified atom stereocenters. The molecular formula is C24H26F4O.